The summed E-state index contributed by atoms with van der Waals surface area (Å²) in [5.74, 6) is 0. The molecule has 0 bridgehead atoms. The van der Waals surface area contributed by atoms with Crippen molar-refractivity contribution in [3.63, 3.8) is 0 Å². The van der Waals surface area contributed by atoms with Crippen LogP contribution in [0.5, 0.6) is 0 Å². The Hall–Kier alpha value is -0.920. The lowest BCUT2D eigenvalue weighted by molar-refractivity contribution is 0.168. The van der Waals surface area contributed by atoms with Gasteiger partial charge < -0.3 is 5.11 Å². The maximum atomic E-state index is 12.6. The second-order valence-corrected chi connectivity index (χ2v) is 7.71. The summed E-state index contributed by atoms with van der Waals surface area (Å²) in [7, 11) is -3.61. The molecule has 0 saturated carbocycles. The Labute approximate surface area is 120 Å². The van der Waals surface area contributed by atoms with E-state index in [0.29, 0.717) is 24.3 Å². The third kappa shape index (κ3) is 2.62. The third-order valence-corrected chi connectivity index (χ3v) is 6.43. The predicted octanol–water partition coefficient (Wildman–Crippen LogP) is 1.41. The molecule has 2 heterocycles. The first-order valence-electron chi connectivity index (χ1n) is 6.99. The fraction of sp³-hybridized carbons (Fsp3) is 0.769. The summed E-state index contributed by atoms with van der Waals surface area (Å²) in [6.45, 7) is 6.77. The smallest absolute Gasteiger partial charge is 0.262 e. The maximum absolute atomic E-state index is 12.6. The Morgan fingerprint density at radius 3 is 2.50 bits per heavy atom. The molecule has 1 aromatic rings. The van der Waals surface area contributed by atoms with Crippen LogP contribution in [0.3, 0.4) is 0 Å². The van der Waals surface area contributed by atoms with Crippen molar-refractivity contribution in [2.24, 2.45) is 5.41 Å². The number of hydrogen-bond donors (Lipinski definition) is 2. The molecule has 2 rings (SSSR count). The number of nitrogens with zero attached hydrogens (tertiary/aromatic N) is 2. The van der Waals surface area contributed by atoms with E-state index in [1.54, 1.807) is 6.92 Å². The van der Waals surface area contributed by atoms with Gasteiger partial charge in [-0.15, -0.1) is 0 Å². The predicted molar refractivity (Wildman–Crippen MR) is 75.6 cm³/mol. The van der Waals surface area contributed by atoms with Gasteiger partial charge in [-0.05, 0) is 25.2 Å². The lowest BCUT2D eigenvalue weighted by atomic mass is 9.79. The van der Waals surface area contributed by atoms with Crippen LogP contribution in [0, 0.1) is 12.3 Å². The molecule has 0 radical (unpaired) electrons. The van der Waals surface area contributed by atoms with Crippen LogP contribution in [0.1, 0.15) is 44.4 Å². The lowest BCUT2D eigenvalue weighted by Gasteiger charge is -2.37. The number of piperidine rings is 1. The molecule has 1 saturated heterocycles. The van der Waals surface area contributed by atoms with E-state index in [0.717, 1.165) is 19.3 Å². The lowest BCUT2D eigenvalue weighted by Crippen LogP contribution is -2.42. The van der Waals surface area contributed by atoms with Crippen LogP contribution in [0.2, 0.25) is 0 Å². The van der Waals surface area contributed by atoms with E-state index in [2.05, 4.69) is 24.0 Å². The molecule has 0 aromatic carbocycles. The molecular formula is C13H23N3O3S. The minimum atomic E-state index is -3.61. The number of aryl methyl sites for hydroxylation is 1. The summed E-state index contributed by atoms with van der Waals surface area (Å²) in [5, 5.41) is 15.8. The molecule has 1 aromatic heterocycles. The van der Waals surface area contributed by atoms with Gasteiger partial charge in [0, 0.05) is 24.3 Å². The molecule has 7 heteroatoms. The fourth-order valence-corrected chi connectivity index (χ4v) is 4.17. The first-order chi connectivity index (χ1) is 9.34. The van der Waals surface area contributed by atoms with E-state index in [1.165, 1.54) is 4.31 Å². The zero-order chi connectivity index (χ0) is 15.0. The van der Waals surface area contributed by atoms with Gasteiger partial charge in [0.1, 0.15) is 0 Å². The number of sulfonamides is 1. The fourth-order valence-electron chi connectivity index (χ4n) is 2.57. The Balaban J connectivity index is 2.24. The summed E-state index contributed by atoms with van der Waals surface area (Å²) in [4.78, 5) is 0. The van der Waals surface area contributed by atoms with Gasteiger partial charge in [0.05, 0.1) is 6.61 Å². The molecule has 1 aliphatic heterocycles. The van der Waals surface area contributed by atoms with Gasteiger partial charge in [-0.3, -0.25) is 5.10 Å². The SMILES string of the molecule is CCC1(C)CCN(S(=O)(=O)c2n[nH]c(C)c2CO)CC1. The van der Waals surface area contributed by atoms with Crippen LogP contribution in [-0.2, 0) is 16.6 Å². The Bertz CT molecular complexity index is 572. The molecule has 0 spiro atoms. The molecule has 0 amide bonds. The Morgan fingerprint density at radius 2 is 2.00 bits per heavy atom. The topological polar surface area (TPSA) is 86.3 Å². The monoisotopic (exact) mass is 301 g/mol. The van der Waals surface area contributed by atoms with Crippen LogP contribution in [0.25, 0.3) is 0 Å². The van der Waals surface area contributed by atoms with Crippen molar-refractivity contribution in [1.82, 2.24) is 14.5 Å². The van der Waals surface area contributed by atoms with Gasteiger partial charge in [-0.25, -0.2) is 8.42 Å². The number of aliphatic hydroxyl groups excluding tert-OH is 1. The molecule has 114 valence electrons. The van der Waals surface area contributed by atoms with Crippen molar-refractivity contribution >= 4 is 10.0 Å². The number of rotatable bonds is 4. The highest BCUT2D eigenvalue weighted by Gasteiger charge is 2.36. The van der Waals surface area contributed by atoms with Crippen molar-refractivity contribution in [2.75, 3.05) is 13.1 Å². The number of aliphatic hydroxyl groups is 1. The minimum absolute atomic E-state index is 0.0300. The number of H-pyrrole nitrogens is 1. The highest BCUT2D eigenvalue weighted by molar-refractivity contribution is 7.89. The first-order valence-corrected chi connectivity index (χ1v) is 8.43. The maximum Gasteiger partial charge on any atom is 0.262 e. The average Bonchev–Trinajstić information content (AvgIpc) is 2.81. The largest absolute Gasteiger partial charge is 0.392 e. The normalized spacial score (nSPS) is 20.2. The molecule has 0 unspecified atom stereocenters. The van der Waals surface area contributed by atoms with Crippen molar-refractivity contribution in [1.29, 1.82) is 0 Å². The van der Waals surface area contributed by atoms with Crippen LogP contribution in [0.15, 0.2) is 5.03 Å². The summed E-state index contributed by atoms with van der Waals surface area (Å²) < 4.78 is 26.7. The molecule has 6 nitrogen and oxygen atoms in total. The van der Waals surface area contributed by atoms with Crippen LogP contribution in [-0.4, -0.2) is 41.1 Å². The Kier molecular flexibility index (Phi) is 4.22. The van der Waals surface area contributed by atoms with Crippen LogP contribution >= 0.6 is 0 Å². The Morgan fingerprint density at radius 1 is 1.40 bits per heavy atom. The molecule has 20 heavy (non-hydrogen) atoms. The third-order valence-electron chi connectivity index (χ3n) is 4.56. The molecule has 0 aliphatic carbocycles. The van der Waals surface area contributed by atoms with Gasteiger partial charge in [0.25, 0.3) is 10.0 Å². The zero-order valence-electron chi connectivity index (χ0n) is 12.3. The first kappa shape index (κ1) is 15.5. The number of hydrogen-bond acceptors (Lipinski definition) is 4. The standard InChI is InChI=1S/C13H23N3O3S/c1-4-13(3)5-7-16(8-6-13)20(18,19)12-11(9-17)10(2)14-15-12/h17H,4-9H2,1-3H3,(H,14,15). The summed E-state index contributed by atoms with van der Waals surface area (Å²) in [6, 6.07) is 0. The highest BCUT2D eigenvalue weighted by atomic mass is 32.2. The van der Waals surface area contributed by atoms with Gasteiger partial charge in [0.15, 0.2) is 5.03 Å². The number of aromatic nitrogens is 2. The average molecular weight is 301 g/mol. The van der Waals surface area contributed by atoms with E-state index in [4.69, 9.17) is 0 Å². The van der Waals surface area contributed by atoms with Crippen molar-refractivity contribution < 1.29 is 13.5 Å². The summed E-state index contributed by atoms with van der Waals surface area (Å²) >= 11 is 0. The molecular weight excluding hydrogens is 278 g/mol. The minimum Gasteiger partial charge on any atom is -0.392 e. The van der Waals surface area contributed by atoms with E-state index < -0.39 is 10.0 Å². The number of nitrogens with one attached hydrogen (secondary N) is 1. The molecule has 1 fully saturated rings. The zero-order valence-corrected chi connectivity index (χ0v) is 13.1. The quantitative estimate of drug-likeness (QED) is 0.880. The van der Waals surface area contributed by atoms with Gasteiger partial charge in [-0.1, -0.05) is 20.3 Å². The van der Waals surface area contributed by atoms with Gasteiger partial charge in [0.2, 0.25) is 0 Å². The van der Waals surface area contributed by atoms with Gasteiger partial charge >= 0.3 is 0 Å². The summed E-state index contributed by atoms with van der Waals surface area (Å²) in [6.07, 6.45) is 2.78. The summed E-state index contributed by atoms with van der Waals surface area (Å²) in [5.41, 5.74) is 1.20. The van der Waals surface area contributed by atoms with Crippen molar-refractivity contribution in [3.05, 3.63) is 11.3 Å². The van der Waals surface area contributed by atoms with Crippen molar-refractivity contribution in [3.8, 4) is 0 Å². The van der Waals surface area contributed by atoms with Crippen LogP contribution < -0.4 is 0 Å². The second kappa shape index (κ2) is 5.46. The van der Waals surface area contributed by atoms with Crippen molar-refractivity contribution in [2.45, 2.75) is 51.7 Å². The van der Waals surface area contributed by atoms with Crippen LogP contribution in [0.4, 0.5) is 0 Å². The number of aromatic amines is 1. The van der Waals surface area contributed by atoms with Gasteiger partial charge in [-0.2, -0.15) is 9.40 Å². The molecule has 2 N–H and O–H groups in total. The second-order valence-electron chi connectivity index (χ2n) is 5.86. The van der Waals surface area contributed by atoms with E-state index in [1.807, 2.05) is 0 Å². The molecule has 1 aliphatic rings. The van der Waals surface area contributed by atoms with E-state index >= 15 is 0 Å². The van der Waals surface area contributed by atoms with E-state index in [9.17, 15) is 13.5 Å². The molecule has 0 atom stereocenters. The highest BCUT2D eigenvalue weighted by Crippen LogP contribution is 2.36. The van der Waals surface area contributed by atoms with E-state index in [-0.39, 0.29) is 17.0 Å².